The molecule has 0 radical (unpaired) electrons. The van der Waals surface area contributed by atoms with Crippen LogP contribution in [0.15, 0.2) is 24.3 Å². The molecule has 170 valence electrons. The van der Waals surface area contributed by atoms with Crippen molar-refractivity contribution in [1.29, 1.82) is 0 Å². The van der Waals surface area contributed by atoms with E-state index in [4.69, 9.17) is 4.98 Å². The third kappa shape index (κ3) is 4.84. The minimum atomic E-state index is -1.19. The molecular weight excluding hydrogens is 425 g/mol. The molecule has 5 nitrogen and oxygen atoms in total. The summed E-state index contributed by atoms with van der Waals surface area (Å²) in [7, 11) is 0. The number of nitrogens with zero attached hydrogens (tertiary/aromatic N) is 2. The molecule has 0 aliphatic heterocycles. The van der Waals surface area contributed by atoms with Gasteiger partial charge in [0.15, 0.2) is 0 Å². The number of aromatic nitrogens is 2. The Morgan fingerprint density at radius 1 is 1.19 bits per heavy atom. The van der Waals surface area contributed by atoms with Crippen molar-refractivity contribution in [3.63, 3.8) is 0 Å². The van der Waals surface area contributed by atoms with Crippen molar-refractivity contribution < 1.29 is 14.3 Å². The number of nitrogens with one attached hydrogen (secondary N) is 1. The third-order valence-corrected chi connectivity index (χ3v) is 7.56. The zero-order valence-corrected chi connectivity index (χ0v) is 19.9. The first-order chi connectivity index (χ1) is 15.1. The van der Waals surface area contributed by atoms with Crippen LogP contribution in [0.25, 0.3) is 10.2 Å². The molecule has 4 rings (SSSR count). The molecule has 1 fully saturated rings. The van der Waals surface area contributed by atoms with E-state index in [1.807, 2.05) is 12.1 Å². The van der Waals surface area contributed by atoms with Crippen LogP contribution >= 0.6 is 11.3 Å². The molecule has 2 heterocycles. The maximum absolute atomic E-state index is 13.8. The Balaban J connectivity index is 1.67. The summed E-state index contributed by atoms with van der Waals surface area (Å²) in [5.41, 5.74) is 1.13. The highest BCUT2D eigenvalue weighted by Gasteiger charge is 2.27. The van der Waals surface area contributed by atoms with Crippen molar-refractivity contribution in [3.05, 3.63) is 52.0 Å². The van der Waals surface area contributed by atoms with Crippen molar-refractivity contribution >= 4 is 33.1 Å². The van der Waals surface area contributed by atoms with E-state index in [0.717, 1.165) is 40.1 Å². The summed E-state index contributed by atoms with van der Waals surface area (Å²) in [4.78, 5) is 21.8. The summed E-state index contributed by atoms with van der Waals surface area (Å²) in [6.45, 7) is 7.25. The van der Waals surface area contributed by atoms with Crippen molar-refractivity contribution in [1.82, 2.24) is 9.97 Å². The number of pyridine rings is 1. The van der Waals surface area contributed by atoms with Crippen LogP contribution in [0.5, 0.6) is 0 Å². The Bertz CT molecular complexity index is 1120. The molecule has 2 aromatic heterocycles. The fourth-order valence-corrected chi connectivity index (χ4v) is 5.68. The van der Waals surface area contributed by atoms with Crippen LogP contribution in [0.2, 0.25) is 0 Å². The zero-order chi connectivity index (χ0) is 23.0. The highest BCUT2D eigenvalue weighted by atomic mass is 32.1. The number of carbonyl (C=O) groups excluding carboxylic acids is 1. The normalized spacial score (nSPS) is 19.3. The number of aliphatic hydroxyl groups is 1. The lowest BCUT2D eigenvalue weighted by Gasteiger charge is -2.26. The molecule has 0 spiro atoms. The van der Waals surface area contributed by atoms with Crippen LogP contribution in [0.3, 0.4) is 0 Å². The maximum Gasteiger partial charge on any atom is 0.274 e. The number of fused-ring (bicyclic) bond motifs is 1. The predicted octanol–water partition coefficient (Wildman–Crippen LogP) is 6.30. The molecule has 0 unspecified atom stereocenters. The number of hydrogen-bond donors (Lipinski definition) is 2. The van der Waals surface area contributed by atoms with E-state index >= 15 is 0 Å². The highest BCUT2D eigenvalue weighted by Crippen LogP contribution is 2.41. The zero-order valence-electron chi connectivity index (χ0n) is 19.0. The number of carbonyl (C=O) groups is 1. The molecule has 0 atom stereocenters. The molecule has 32 heavy (non-hydrogen) atoms. The number of amides is 1. The van der Waals surface area contributed by atoms with Gasteiger partial charge in [-0.1, -0.05) is 13.3 Å². The van der Waals surface area contributed by atoms with E-state index in [-0.39, 0.29) is 5.69 Å². The molecule has 7 heteroatoms. The SMILES string of the molecule is CCC1CCC(c2nc3cc(C(C)(C)O)c(NC(=O)c4cc(F)cc(C)n4)cc3s2)CC1. The second-order valence-electron chi connectivity index (χ2n) is 9.37. The van der Waals surface area contributed by atoms with E-state index in [9.17, 15) is 14.3 Å². The number of rotatable bonds is 5. The molecule has 0 saturated heterocycles. The van der Waals surface area contributed by atoms with Gasteiger partial charge >= 0.3 is 0 Å². The quantitative estimate of drug-likeness (QED) is 0.473. The van der Waals surface area contributed by atoms with Gasteiger partial charge in [-0.2, -0.15) is 0 Å². The van der Waals surface area contributed by atoms with E-state index in [2.05, 4.69) is 17.2 Å². The minimum Gasteiger partial charge on any atom is -0.386 e. The first-order valence-corrected chi connectivity index (χ1v) is 12.1. The van der Waals surface area contributed by atoms with Gasteiger partial charge < -0.3 is 10.4 Å². The summed E-state index contributed by atoms with van der Waals surface area (Å²) >= 11 is 1.65. The number of benzene rings is 1. The molecule has 1 amide bonds. The standard InChI is InChI=1S/C25H30FN3O2S/c1-5-15-6-8-16(9-7-15)24-29-20-12-18(25(3,4)31)19(13-22(20)32-24)28-23(30)21-11-17(26)10-14(2)27-21/h10-13,15-16,31H,5-9H2,1-4H3,(H,28,30). The summed E-state index contributed by atoms with van der Waals surface area (Å²) in [6.07, 6.45) is 6.04. The van der Waals surface area contributed by atoms with Gasteiger partial charge in [0.05, 0.1) is 20.8 Å². The van der Waals surface area contributed by atoms with Crippen molar-refractivity contribution in [3.8, 4) is 0 Å². The van der Waals surface area contributed by atoms with Gasteiger partial charge in [-0.3, -0.25) is 4.79 Å². The first kappa shape index (κ1) is 22.8. The Morgan fingerprint density at radius 3 is 2.53 bits per heavy atom. The second kappa shape index (κ2) is 8.87. The minimum absolute atomic E-state index is 0.00182. The average molecular weight is 456 g/mol. The van der Waals surface area contributed by atoms with Crippen LogP contribution in [-0.2, 0) is 5.60 Å². The van der Waals surface area contributed by atoms with Gasteiger partial charge in [-0.25, -0.2) is 14.4 Å². The van der Waals surface area contributed by atoms with Crippen LogP contribution in [0.4, 0.5) is 10.1 Å². The second-order valence-corrected chi connectivity index (χ2v) is 10.4. The van der Waals surface area contributed by atoms with Gasteiger partial charge in [0, 0.05) is 28.9 Å². The van der Waals surface area contributed by atoms with Gasteiger partial charge in [0.1, 0.15) is 11.5 Å². The number of hydrogen-bond acceptors (Lipinski definition) is 5. The topological polar surface area (TPSA) is 75.1 Å². The van der Waals surface area contributed by atoms with Crippen molar-refractivity contribution in [2.45, 2.75) is 71.3 Å². The summed E-state index contributed by atoms with van der Waals surface area (Å²) < 4.78 is 14.7. The van der Waals surface area contributed by atoms with Crippen molar-refractivity contribution in [2.75, 3.05) is 5.32 Å². The van der Waals surface area contributed by atoms with Crippen LogP contribution in [0, 0.1) is 18.7 Å². The van der Waals surface area contributed by atoms with Gasteiger partial charge in [0.2, 0.25) is 0 Å². The maximum atomic E-state index is 13.8. The number of aryl methyl sites for hydroxylation is 1. The predicted molar refractivity (Wildman–Crippen MR) is 127 cm³/mol. The third-order valence-electron chi connectivity index (χ3n) is 6.38. The van der Waals surface area contributed by atoms with E-state index in [0.29, 0.717) is 22.9 Å². The van der Waals surface area contributed by atoms with Gasteiger partial charge in [0.25, 0.3) is 5.91 Å². The lowest BCUT2D eigenvalue weighted by molar-refractivity contribution is 0.0794. The lowest BCUT2D eigenvalue weighted by atomic mass is 9.81. The Kier molecular flexibility index (Phi) is 6.32. The Hall–Kier alpha value is -2.38. The molecule has 1 saturated carbocycles. The molecule has 1 aliphatic carbocycles. The van der Waals surface area contributed by atoms with Gasteiger partial charge in [-0.15, -0.1) is 11.3 Å². The molecule has 0 bridgehead atoms. The Morgan fingerprint density at radius 2 is 1.91 bits per heavy atom. The van der Waals surface area contributed by atoms with Crippen LogP contribution in [0.1, 0.15) is 85.5 Å². The van der Waals surface area contributed by atoms with Crippen LogP contribution in [-0.4, -0.2) is 21.0 Å². The van der Waals surface area contributed by atoms with Gasteiger partial charge in [-0.05, 0) is 70.6 Å². The molecule has 3 aromatic rings. The van der Waals surface area contributed by atoms with E-state index in [1.54, 1.807) is 32.1 Å². The molecule has 1 aliphatic rings. The number of thiazole rings is 1. The molecular formula is C25H30FN3O2S. The fraction of sp³-hybridized carbons (Fsp3) is 0.480. The Labute approximate surface area is 192 Å². The smallest absolute Gasteiger partial charge is 0.274 e. The van der Waals surface area contributed by atoms with E-state index < -0.39 is 17.3 Å². The number of halogens is 1. The first-order valence-electron chi connectivity index (χ1n) is 11.3. The number of anilines is 1. The highest BCUT2D eigenvalue weighted by molar-refractivity contribution is 7.18. The molecule has 1 aromatic carbocycles. The average Bonchev–Trinajstić information content (AvgIpc) is 3.15. The molecule has 2 N–H and O–H groups in total. The summed E-state index contributed by atoms with van der Waals surface area (Å²) in [6, 6.07) is 6.11. The van der Waals surface area contributed by atoms with E-state index in [1.165, 1.54) is 25.3 Å². The van der Waals surface area contributed by atoms with Crippen LogP contribution < -0.4 is 5.32 Å². The fourth-order valence-electron chi connectivity index (χ4n) is 4.52. The summed E-state index contributed by atoms with van der Waals surface area (Å²) in [5, 5.41) is 14.7. The lowest BCUT2D eigenvalue weighted by Crippen LogP contribution is -2.21. The monoisotopic (exact) mass is 455 g/mol. The largest absolute Gasteiger partial charge is 0.386 e. The summed E-state index contributed by atoms with van der Waals surface area (Å²) in [5.74, 6) is 0.272. The van der Waals surface area contributed by atoms with Crippen molar-refractivity contribution in [2.24, 2.45) is 5.92 Å².